The van der Waals surface area contributed by atoms with Crippen LogP contribution in [-0.4, -0.2) is 35.1 Å². The summed E-state index contributed by atoms with van der Waals surface area (Å²) >= 11 is 0. The molecule has 110 valence electrons. The molecule has 0 aromatic heterocycles. The molecule has 20 heavy (non-hydrogen) atoms. The van der Waals surface area contributed by atoms with Crippen molar-refractivity contribution in [2.24, 2.45) is 0 Å². The number of rotatable bonds is 4. The Bertz CT molecular complexity index is 482. The summed E-state index contributed by atoms with van der Waals surface area (Å²) in [5.74, 6) is -0.982. The highest BCUT2D eigenvalue weighted by atomic mass is 19.4. The van der Waals surface area contributed by atoms with Crippen molar-refractivity contribution < 1.29 is 23.1 Å². The van der Waals surface area contributed by atoms with Crippen molar-refractivity contribution in [3.05, 3.63) is 35.4 Å². The number of hydrogen-bond donors (Lipinski definition) is 1. The summed E-state index contributed by atoms with van der Waals surface area (Å²) in [6.07, 6.45) is -2.43. The molecular formula is C14H16F3NO2. The number of benzene rings is 1. The lowest BCUT2D eigenvalue weighted by atomic mass is 10.0. The zero-order valence-corrected chi connectivity index (χ0v) is 10.9. The van der Waals surface area contributed by atoms with E-state index in [1.807, 2.05) is 4.90 Å². The van der Waals surface area contributed by atoms with Gasteiger partial charge in [-0.3, -0.25) is 9.69 Å². The van der Waals surface area contributed by atoms with Gasteiger partial charge in [0.15, 0.2) is 0 Å². The first-order valence-corrected chi connectivity index (χ1v) is 6.51. The van der Waals surface area contributed by atoms with Gasteiger partial charge in [0.2, 0.25) is 0 Å². The number of nitrogens with zero attached hydrogens (tertiary/aromatic N) is 1. The standard InChI is InChI=1S/C14H16F3NO2/c15-14(16,17)11-5-3-4-10(8-11)9-12(13(19)20)18-6-1-2-7-18/h3-5,8,12H,1-2,6-7,9H2,(H,19,20)/t12-/m1/s1. The summed E-state index contributed by atoms with van der Waals surface area (Å²) < 4.78 is 37.9. The van der Waals surface area contributed by atoms with Crippen LogP contribution >= 0.6 is 0 Å². The van der Waals surface area contributed by atoms with E-state index in [-0.39, 0.29) is 6.42 Å². The summed E-state index contributed by atoms with van der Waals surface area (Å²) in [5, 5.41) is 9.26. The minimum absolute atomic E-state index is 0.0965. The third kappa shape index (κ3) is 3.50. The first-order valence-electron chi connectivity index (χ1n) is 6.51. The predicted octanol–water partition coefficient (Wildman–Crippen LogP) is 2.80. The Morgan fingerprint density at radius 3 is 2.50 bits per heavy atom. The molecule has 1 aromatic carbocycles. The van der Waals surface area contributed by atoms with E-state index < -0.39 is 23.8 Å². The lowest BCUT2D eigenvalue weighted by molar-refractivity contribution is -0.142. The predicted molar refractivity (Wildman–Crippen MR) is 67.4 cm³/mol. The van der Waals surface area contributed by atoms with Gasteiger partial charge in [-0.15, -0.1) is 0 Å². The van der Waals surface area contributed by atoms with Crippen molar-refractivity contribution >= 4 is 5.97 Å². The summed E-state index contributed by atoms with van der Waals surface area (Å²) in [4.78, 5) is 13.1. The third-order valence-corrected chi connectivity index (χ3v) is 3.55. The molecular weight excluding hydrogens is 271 g/mol. The maximum Gasteiger partial charge on any atom is 0.416 e. The van der Waals surface area contributed by atoms with Crippen LogP contribution in [0.5, 0.6) is 0 Å². The van der Waals surface area contributed by atoms with Crippen molar-refractivity contribution in [1.29, 1.82) is 0 Å². The van der Waals surface area contributed by atoms with Crippen molar-refractivity contribution in [1.82, 2.24) is 4.90 Å². The Balaban J connectivity index is 2.16. The molecule has 6 heteroatoms. The van der Waals surface area contributed by atoms with Crippen molar-refractivity contribution in [2.75, 3.05) is 13.1 Å². The van der Waals surface area contributed by atoms with Crippen LogP contribution in [0.15, 0.2) is 24.3 Å². The van der Waals surface area contributed by atoms with Crippen LogP contribution in [0, 0.1) is 0 Å². The molecule has 1 fully saturated rings. The van der Waals surface area contributed by atoms with Crippen molar-refractivity contribution in [2.45, 2.75) is 31.5 Å². The normalized spacial score (nSPS) is 18.1. The second-order valence-corrected chi connectivity index (χ2v) is 5.00. The van der Waals surface area contributed by atoms with E-state index in [0.717, 1.165) is 25.0 Å². The molecule has 0 amide bonds. The lowest BCUT2D eigenvalue weighted by Crippen LogP contribution is -2.40. The second-order valence-electron chi connectivity index (χ2n) is 5.00. The Hall–Kier alpha value is -1.56. The SMILES string of the molecule is O=C(O)[C@@H](Cc1cccc(C(F)(F)F)c1)N1CCCC1. The number of aliphatic carboxylic acids is 1. The molecule has 1 heterocycles. The van der Waals surface area contributed by atoms with Crippen LogP contribution in [0.4, 0.5) is 13.2 Å². The topological polar surface area (TPSA) is 40.5 Å². The fraction of sp³-hybridized carbons (Fsp3) is 0.500. The van der Waals surface area contributed by atoms with Gasteiger partial charge in [0, 0.05) is 0 Å². The smallest absolute Gasteiger partial charge is 0.416 e. The number of carboxylic acid groups (broad SMARTS) is 1. The van der Waals surface area contributed by atoms with E-state index in [1.165, 1.54) is 6.07 Å². The quantitative estimate of drug-likeness (QED) is 0.925. The van der Waals surface area contributed by atoms with Gasteiger partial charge < -0.3 is 5.11 Å². The molecule has 1 aliphatic rings. The van der Waals surface area contributed by atoms with Gasteiger partial charge in [-0.1, -0.05) is 18.2 Å². The summed E-state index contributed by atoms with van der Waals surface area (Å²) in [7, 11) is 0. The van der Waals surface area contributed by atoms with Crippen molar-refractivity contribution in [3.63, 3.8) is 0 Å². The fourth-order valence-electron chi connectivity index (χ4n) is 2.52. The highest BCUT2D eigenvalue weighted by Crippen LogP contribution is 2.30. The maximum atomic E-state index is 12.6. The van der Waals surface area contributed by atoms with Crippen LogP contribution in [0.3, 0.4) is 0 Å². The number of likely N-dealkylation sites (tertiary alicyclic amines) is 1. The summed E-state index contributed by atoms with van der Waals surface area (Å²) in [6, 6.07) is 4.14. The van der Waals surface area contributed by atoms with Crippen LogP contribution in [-0.2, 0) is 17.4 Å². The van der Waals surface area contributed by atoms with Crippen molar-refractivity contribution in [3.8, 4) is 0 Å². The fourth-order valence-corrected chi connectivity index (χ4v) is 2.52. The van der Waals surface area contributed by atoms with Gasteiger partial charge in [-0.2, -0.15) is 13.2 Å². The highest BCUT2D eigenvalue weighted by molar-refractivity contribution is 5.74. The molecule has 0 aliphatic carbocycles. The van der Waals surface area contributed by atoms with E-state index >= 15 is 0 Å². The van der Waals surface area contributed by atoms with Gasteiger partial charge >= 0.3 is 12.1 Å². The van der Waals surface area contributed by atoms with Gasteiger partial charge in [-0.25, -0.2) is 0 Å². The van der Waals surface area contributed by atoms with E-state index in [4.69, 9.17) is 0 Å². The van der Waals surface area contributed by atoms with E-state index in [1.54, 1.807) is 6.07 Å². The first-order chi connectivity index (χ1) is 9.38. The molecule has 0 spiro atoms. The molecule has 1 aromatic rings. The van der Waals surface area contributed by atoms with Crippen LogP contribution in [0.25, 0.3) is 0 Å². The summed E-state index contributed by atoms with van der Waals surface area (Å²) in [5.41, 5.74) is -0.334. The molecule has 1 saturated heterocycles. The molecule has 1 aliphatic heterocycles. The largest absolute Gasteiger partial charge is 0.480 e. The molecule has 3 nitrogen and oxygen atoms in total. The average molecular weight is 287 g/mol. The monoisotopic (exact) mass is 287 g/mol. The van der Waals surface area contributed by atoms with Gasteiger partial charge in [0.1, 0.15) is 6.04 Å². The minimum Gasteiger partial charge on any atom is -0.480 e. The second kappa shape index (κ2) is 5.83. The molecule has 0 unspecified atom stereocenters. The van der Waals surface area contributed by atoms with Gasteiger partial charge in [0.25, 0.3) is 0 Å². The number of halogens is 3. The van der Waals surface area contributed by atoms with Crippen LogP contribution in [0.2, 0.25) is 0 Å². The maximum absolute atomic E-state index is 12.6. The molecule has 1 N–H and O–H groups in total. The van der Waals surface area contributed by atoms with Gasteiger partial charge in [0.05, 0.1) is 5.56 Å². The Labute approximate surface area is 115 Å². The third-order valence-electron chi connectivity index (χ3n) is 3.55. The number of carbonyl (C=O) groups is 1. The van der Waals surface area contributed by atoms with Gasteiger partial charge in [-0.05, 0) is 44.0 Å². The number of alkyl halides is 3. The zero-order chi connectivity index (χ0) is 14.8. The Morgan fingerprint density at radius 2 is 1.95 bits per heavy atom. The molecule has 2 rings (SSSR count). The summed E-state index contributed by atoms with van der Waals surface area (Å²) in [6.45, 7) is 1.38. The molecule has 0 bridgehead atoms. The minimum atomic E-state index is -4.40. The van der Waals surface area contributed by atoms with E-state index in [2.05, 4.69) is 0 Å². The molecule has 0 saturated carbocycles. The van der Waals surface area contributed by atoms with Crippen LogP contribution in [0.1, 0.15) is 24.0 Å². The molecule has 0 radical (unpaired) electrons. The zero-order valence-electron chi connectivity index (χ0n) is 10.9. The average Bonchev–Trinajstić information content (AvgIpc) is 2.88. The van der Waals surface area contributed by atoms with E-state index in [9.17, 15) is 23.1 Å². The van der Waals surface area contributed by atoms with Crippen LogP contribution < -0.4 is 0 Å². The highest BCUT2D eigenvalue weighted by Gasteiger charge is 2.32. The number of carboxylic acids is 1. The van der Waals surface area contributed by atoms with E-state index in [0.29, 0.717) is 18.7 Å². The number of hydrogen-bond acceptors (Lipinski definition) is 2. The first kappa shape index (κ1) is 14.8. The lowest BCUT2D eigenvalue weighted by Gasteiger charge is -2.24. The molecule has 1 atom stereocenters. The Kier molecular flexibility index (Phi) is 4.32. The Morgan fingerprint density at radius 1 is 1.30 bits per heavy atom.